The van der Waals surface area contributed by atoms with E-state index in [2.05, 4.69) is 15.0 Å². The van der Waals surface area contributed by atoms with Crippen LogP contribution >= 0.6 is 0 Å². The normalized spacial score (nSPS) is 11.9. The zero-order valence-electron chi connectivity index (χ0n) is 7.65. The molecule has 0 aliphatic carbocycles. The van der Waals surface area contributed by atoms with Crippen molar-refractivity contribution in [3.05, 3.63) is 32.6 Å². The number of hydrogen-bond acceptors (Lipinski definition) is 4. The lowest BCUT2D eigenvalue weighted by atomic mass is 10.5. The van der Waals surface area contributed by atoms with Crippen molar-refractivity contribution in [2.24, 2.45) is 5.11 Å². The fourth-order valence-electron chi connectivity index (χ4n) is 1.16. The van der Waals surface area contributed by atoms with Crippen molar-refractivity contribution >= 4 is 5.82 Å². The number of rotatable bonds is 3. The van der Waals surface area contributed by atoms with E-state index in [4.69, 9.17) is 5.53 Å². The van der Waals surface area contributed by atoms with Crippen molar-refractivity contribution in [1.82, 2.24) is 9.55 Å². The number of aromatic nitrogens is 2. The number of hydrogen-bond donors (Lipinski definition) is 0. The summed E-state index contributed by atoms with van der Waals surface area (Å²) < 4.78 is 1.26. The maximum absolute atomic E-state index is 10.6. The van der Waals surface area contributed by atoms with Gasteiger partial charge >= 0.3 is 5.82 Å². The third-order valence-electron chi connectivity index (χ3n) is 1.74. The van der Waals surface area contributed by atoms with Crippen LogP contribution in [0.25, 0.3) is 10.4 Å². The highest BCUT2D eigenvalue weighted by Gasteiger charge is 2.21. The average Bonchev–Trinajstić information content (AvgIpc) is 2.47. The van der Waals surface area contributed by atoms with Crippen LogP contribution in [0, 0.1) is 17.0 Å². The van der Waals surface area contributed by atoms with Gasteiger partial charge in [-0.1, -0.05) is 0 Å². The molecule has 0 N–H and O–H groups in total. The molecule has 0 amide bonds. The van der Waals surface area contributed by atoms with E-state index in [1.165, 1.54) is 4.57 Å². The largest absolute Gasteiger partial charge is 0.358 e. The second-order valence-corrected chi connectivity index (χ2v) is 2.63. The van der Waals surface area contributed by atoms with Crippen molar-refractivity contribution in [2.75, 3.05) is 0 Å². The van der Waals surface area contributed by atoms with E-state index in [0.29, 0.717) is 5.82 Å². The van der Waals surface area contributed by atoms with E-state index >= 15 is 0 Å². The lowest BCUT2D eigenvalue weighted by Gasteiger charge is -2.04. The first kappa shape index (κ1) is 10.0. The molecule has 0 spiro atoms. The number of nitrogens with zero attached hydrogens (tertiary/aromatic N) is 6. The Balaban J connectivity index is 3.23. The highest BCUT2D eigenvalue weighted by atomic mass is 16.6. The standard InChI is InChI=1S/C6H8N6O2/c1-4-8-3-6(12(13)14)11(4)5(2)9-10-7/h3,5H,1-2H3. The Hall–Kier alpha value is -2.08. The Bertz CT molecular complexity index is 404. The van der Waals surface area contributed by atoms with Gasteiger partial charge in [0.2, 0.25) is 0 Å². The Morgan fingerprint density at radius 1 is 1.86 bits per heavy atom. The Labute approximate surface area is 79.0 Å². The first-order valence-electron chi connectivity index (χ1n) is 3.80. The molecular formula is C6H8N6O2. The van der Waals surface area contributed by atoms with Crippen LogP contribution < -0.4 is 0 Å². The minimum Gasteiger partial charge on any atom is -0.358 e. The zero-order chi connectivity index (χ0) is 10.7. The van der Waals surface area contributed by atoms with E-state index in [9.17, 15) is 10.1 Å². The number of aryl methyl sites for hydroxylation is 1. The lowest BCUT2D eigenvalue weighted by molar-refractivity contribution is -0.392. The zero-order valence-corrected chi connectivity index (χ0v) is 7.65. The van der Waals surface area contributed by atoms with Gasteiger partial charge in [-0.25, -0.2) is 9.55 Å². The van der Waals surface area contributed by atoms with Crippen LogP contribution in [0.3, 0.4) is 0 Å². The van der Waals surface area contributed by atoms with Gasteiger partial charge in [0, 0.05) is 11.8 Å². The summed E-state index contributed by atoms with van der Waals surface area (Å²) in [4.78, 5) is 16.4. The van der Waals surface area contributed by atoms with Gasteiger partial charge in [-0.3, -0.25) is 0 Å². The van der Waals surface area contributed by atoms with Gasteiger partial charge in [0.05, 0.1) is 0 Å². The molecule has 0 fully saturated rings. The predicted octanol–water partition coefficient (Wildman–Crippen LogP) is 1.93. The molecule has 0 saturated heterocycles. The summed E-state index contributed by atoms with van der Waals surface area (Å²) >= 11 is 0. The minimum absolute atomic E-state index is 0.178. The molecule has 1 aromatic rings. The average molecular weight is 196 g/mol. The van der Waals surface area contributed by atoms with Crippen molar-refractivity contribution < 1.29 is 4.92 Å². The van der Waals surface area contributed by atoms with Crippen LogP contribution in [0.1, 0.15) is 18.9 Å². The molecule has 1 atom stereocenters. The molecule has 8 heteroatoms. The highest BCUT2D eigenvalue weighted by molar-refractivity contribution is 5.19. The fourth-order valence-corrected chi connectivity index (χ4v) is 1.16. The lowest BCUT2D eigenvalue weighted by Crippen LogP contribution is -2.07. The van der Waals surface area contributed by atoms with E-state index in [1.54, 1.807) is 13.8 Å². The van der Waals surface area contributed by atoms with E-state index in [-0.39, 0.29) is 5.82 Å². The molecule has 0 aromatic carbocycles. The molecule has 74 valence electrons. The van der Waals surface area contributed by atoms with Crippen LogP contribution in [0.5, 0.6) is 0 Å². The molecule has 0 bridgehead atoms. The van der Waals surface area contributed by atoms with Gasteiger partial charge in [-0.2, -0.15) is 0 Å². The quantitative estimate of drug-likeness (QED) is 0.242. The molecule has 0 aliphatic rings. The summed E-state index contributed by atoms with van der Waals surface area (Å²) in [6, 6.07) is 0. The molecule has 0 saturated carbocycles. The van der Waals surface area contributed by atoms with Crippen molar-refractivity contribution in [2.45, 2.75) is 20.0 Å². The first-order valence-corrected chi connectivity index (χ1v) is 3.80. The second-order valence-electron chi connectivity index (χ2n) is 2.63. The molecule has 0 radical (unpaired) electrons. The fraction of sp³-hybridized carbons (Fsp3) is 0.500. The third kappa shape index (κ3) is 1.64. The van der Waals surface area contributed by atoms with Crippen LogP contribution in [-0.2, 0) is 0 Å². The third-order valence-corrected chi connectivity index (χ3v) is 1.74. The molecule has 1 heterocycles. The maximum Gasteiger partial charge on any atom is 0.343 e. The summed E-state index contributed by atoms with van der Waals surface area (Å²) in [6.45, 7) is 3.16. The smallest absolute Gasteiger partial charge is 0.343 e. The van der Waals surface area contributed by atoms with Crippen molar-refractivity contribution in [3.63, 3.8) is 0 Å². The summed E-state index contributed by atoms with van der Waals surface area (Å²) in [5, 5.41) is 13.9. The number of nitro groups is 1. The SMILES string of the molecule is Cc1ncc([N+](=O)[O-])n1C(C)N=[N+]=[N-]. The summed E-state index contributed by atoms with van der Waals surface area (Å²) in [7, 11) is 0. The van der Waals surface area contributed by atoms with Crippen molar-refractivity contribution in [1.29, 1.82) is 0 Å². The first-order chi connectivity index (χ1) is 6.57. The number of imidazole rings is 1. The van der Waals surface area contributed by atoms with Gasteiger partial charge in [0.1, 0.15) is 6.20 Å². The second kappa shape index (κ2) is 3.75. The topological polar surface area (TPSA) is 110 Å². The van der Waals surface area contributed by atoms with Crippen molar-refractivity contribution in [3.8, 4) is 0 Å². The van der Waals surface area contributed by atoms with E-state index in [1.807, 2.05) is 0 Å². The van der Waals surface area contributed by atoms with E-state index < -0.39 is 11.1 Å². The molecule has 14 heavy (non-hydrogen) atoms. The highest BCUT2D eigenvalue weighted by Crippen LogP contribution is 2.20. The Kier molecular flexibility index (Phi) is 2.68. The maximum atomic E-state index is 10.6. The minimum atomic E-state index is -0.650. The molecule has 1 rings (SSSR count). The van der Waals surface area contributed by atoms with E-state index in [0.717, 1.165) is 6.20 Å². The van der Waals surface area contributed by atoms with Gasteiger partial charge in [-0.15, -0.1) is 0 Å². The van der Waals surface area contributed by atoms with Crippen LogP contribution in [0.2, 0.25) is 0 Å². The van der Waals surface area contributed by atoms with Gasteiger partial charge in [0.15, 0.2) is 12.0 Å². The molecular weight excluding hydrogens is 188 g/mol. The monoisotopic (exact) mass is 196 g/mol. The van der Waals surface area contributed by atoms with Crippen LogP contribution in [0.15, 0.2) is 11.3 Å². The van der Waals surface area contributed by atoms with Crippen LogP contribution in [0.4, 0.5) is 5.82 Å². The van der Waals surface area contributed by atoms with Gasteiger partial charge in [-0.05, 0) is 22.5 Å². The summed E-state index contributed by atoms with van der Waals surface area (Å²) in [6.07, 6.45) is 0.488. The van der Waals surface area contributed by atoms with Gasteiger partial charge < -0.3 is 10.1 Å². The summed E-state index contributed by atoms with van der Waals surface area (Å²) in [5.41, 5.74) is 8.21. The molecule has 8 nitrogen and oxygen atoms in total. The molecule has 0 aliphatic heterocycles. The predicted molar refractivity (Wildman–Crippen MR) is 47.5 cm³/mol. The van der Waals surface area contributed by atoms with Gasteiger partial charge in [0.25, 0.3) is 0 Å². The molecule has 1 unspecified atom stereocenters. The number of azide groups is 1. The Morgan fingerprint density at radius 3 is 3.00 bits per heavy atom. The van der Waals surface area contributed by atoms with Crippen LogP contribution in [-0.4, -0.2) is 14.5 Å². The Morgan fingerprint density at radius 2 is 2.50 bits per heavy atom. The molecule has 1 aromatic heterocycles. The summed E-state index contributed by atoms with van der Waals surface area (Å²) in [5.74, 6) is 0.263.